The molecule has 1 saturated carbocycles. The number of benzene rings is 1. The number of hydrogen-bond donors (Lipinski definition) is 1. The number of urea groups is 1. The molecule has 0 unspecified atom stereocenters. The van der Waals surface area contributed by atoms with Gasteiger partial charge in [0.25, 0.3) is 0 Å². The second kappa shape index (κ2) is 8.63. The number of aromatic nitrogens is 2. The lowest BCUT2D eigenvalue weighted by molar-refractivity contribution is -0.133. The van der Waals surface area contributed by atoms with Crippen molar-refractivity contribution >= 4 is 22.8 Å². The monoisotopic (exact) mass is 397 g/mol. The lowest BCUT2D eigenvalue weighted by atomic mass is 9.96. The summed E-state index contributed by atoms with van der Waals surface area (Å²) in [7, 11) is 0. The highest BCUT2D eigenvalue weighted by atomic mass is 16.2. The fourth-order valence-electron chi connectivity index (χ4n) is 4.19. The molecule has 1 saturated heterocycles. The van der Waals surface area contributed by atoms with Gasteiger partial charge in [0.05, 0.1) is 11.7 Å². The van der Waals surface area contributed by atoms with Gasteiger partial charge in [-0.2, -0.15) is 5.10 Å². The quantitative estimate of drug-likeness (QED) is 0.852. The highest BCUT2D eigenvalue weighted by Crippen LogP contribution is 2.18. The van der Waals surface area contributed by atoms with Gasteiger partial charge in [-0.05, 0) is 25.0 Å². The summed E-state index contributed by atoms with van der Waals surface area (Å²) in [4.78, 5) is 40.7. The molecule has 2 fully saturated rings. The standard InChI is InChI=1S/C21H27N5O3/c27-19-14-22-26(18-9-5-4-8-17(18)19)15-20(28)24-10-12-25(13-11-24)21(29)23-16-6-2-1-3-7-16/h4-5,8-9,14,16H,1-3,6-7,10-13,15H2,(H,23,29). The molecule has 1 aromatic carbocycles. The molecule has 8 heteroatoms. The number of hydrogen-bond acceptors (Lipinski definition) is 4. The van der Waals surface area contributed by atoms with E-state index < -0.39 is 0 Å². The van der Waals surface area contributed by atoms with Gasteiger partial charge in [-0.15, -0.1) is 0 Å². The summed E-state index contributed by atoms with van der Waals surface area (Å²) >= 11 is 0. The van der Waals surface area contributed by atoms with Gasteiger partial charge >= 0.3 is 6.03 Å². The Kier molecular flexibility index (Phi) is 5.78. The van der Waals surface area contributed by atoms with E-state index in [2.05, 4.69) is 10.4 Å². The Morgan fingerprint density at radius 2 is 1.69 bits per heavy atom. The Hall–Kier alpha value is -2.90. The smallest absolute Gasteiger partial charge is 0.317 e. The molecule has 0 atom stereocenters. The Morgan fingerprint density at radius 1 is 1.00 bits per heavy atom. The number of fused-ring (bicyclic) bond motifs is 1. The van der Waals surface area contributed by atoms with E-state index in [1.807, 2.05) is 6.07 Å². The van der Waals surface area contributed by atoms with Crippen molar-refractivity contribution in [3.8, 4) is 0 Å². The second-order valence-corrected chi connectivity index (χ2v) is 7.84. The van der Waals surface area contributed by atoms with Gasteiger partial charge < -0.3 is 15.1 Å². The van der Waals surface area contributed by atoms with Crippen LogP contribution in [0.5, 0.6) is 0 Å². The van der Waals surface area contributed by atoms with Crippen molar-refractivity contribution in [1.29, 1.82) is 0 Å². The van der Waals surface area contributed by atoms with Crippen LogP contribution < -0.4 is 10.7 Å². The van der Waals surface area contributed by atoms with Gasteiger partial charge in [0.2, 0.25) is 11.3 Å². The van der Waals surface area contributed by atoms with Gasteiger partial charge in [0.15, 0.2) is 0 Å². The molecular formula is C21H27N5O3. The van der Waals surface area contributed by atoms with Crippen LogP contribution in [0.1, 0.15) is 32.1 Å². The molecular weight excluding hydrogens is 370 g/mol. The first-order valence-electron chi connectivity index (χ1n) is 10.4. The zero-order valence-corrected chi connectivity index (χ0v) is 16.5. The number of carbonyl (C=O) groups excluding carboxylic acids is 2. The number of para-hydroxylation sites is 1. The van der Waals surface area contributed by atoms with Gasteiger partial charge in [-0.3, -0.25) is 14.3 Å². The number of amides is 3. The summed E-state index contributed by atoms with van der Waals surface area (Å²) in [6, 6.07) is 7.43. The first-order chi connectivity index (χ1) is 14.1. The molecule has 154 valence electrons. The summed E-state index contributed by atoms with van der Waals surface area (Å²) in [5.41, 5.74) is 0.501. The third-order valence-corrected chi connectivity index (χ3v) is 5.90. The molecule has 8 nitrogen and oxygen atoms in total. The number of rotatable bonds is 3. The minimum absolute atomic E-state index is 0.0166. The third-order valence-electron chi connectivity index (χ3n) is 5.90. The molecule has 1 aromatic heterocycles. The minimum atomic E-state index is -0.151. The van der Waals surface area contributed by atoms with Gasteiger partial charge in [-0.1, -0.05) is 31.4 Å². The van der Waals surface area contributed by atoms with E-state index in [1.165, 1.54) is 25.5 Å². The SMILES string of the molecule is O=C(Cn1ncc(=O)c2ccccc21)N1CCN(C(=O)NC2CCCCC2)CC1. The van der Waals surface area contributed by atoms with Crippen LogP contribution in [0.3, 0.4) is 0 Å². The van der Waals surface area contributed by atoms with Crippen molar-refractivity contribution in [1.82, 2.24) is 24.9 Å². The van der Waals surface area contributed by atoms with Crippen molar-refractivity contribution < 1.29 is 9.59 Å². The topological polar surface area (TPSA) is 87.5 Å². The zero-order chi connectivity index (χ0) is 20.2. The molecule has 2 heterocycles. The normalized spacial score (nSPS) is 18.1. The van der Waals surface area contributed by atoms with Crippen molar-refractivity contribution in [3.05, 3.63) is 40.7 Å². The van der Waals surface area contributed by atoms with E-state index in [0.717, 1.165) is 12.8 Å². The van der Waals surface area contributed by atoms with Gasteiger partial charge in [-0.25, -0.2) is 4.79 Å². The Bertz CT molecular complexity index is 943. The summed E-state index contributed by atoms with van der Waals surface area (Å²) in [6.45, 7) is 2.16. The maximum absolute atomic E-state index is 12.8. The largest absolute Gasteiger partial charge is 0.338 e. The van der Waals surface area contributed by atoms with Crippen molar-refractivity contribution in [3.63, 3.8) is 0 Å². The van der Waals surface area contributed by atoms with Crippen LogP contribution in [0.25, 0.3) is 10.9 Å². The Morgan fingerprint density at radius 3 is 2.45 bits per heavy atom. The summed E-state index contributed by atoms with van der Waals surface area (Å²) in [5.74, 6) is -0.0568. The number of carbonyl (C=O) groups is 2. The molecule has 1 aliphatic carbocycles. The van der Waals surface area contributed by atoms with Crippen LogP contribution in [0.15, 0.2) is 35.3 Å². The van der Waals surface area contributed by atoms with Crippen LogP contribution >= 0.6 is 0 Å². The van der Waals surface area contributed by atoms with Gasteiger partial charge in [0, 0.05) is 37.6 Å². The molecule has 2 aromatic rings. The van der Waals surface area contributed by atoms with E-state index in [4.69, 9.17) is 0 Å². The molecule has 0 bridgehead atoms. The van der Waals surface area contributed by atoms with Crippen LogP contribution in [0.4, 0.5) is 4.79 Å². The van der Waals surface area contributed by atoms with E-state index >= 15 is 0 Å². The zero-order valence-electron chi connectivity index (χ0n) is 16.5. The summed E-state index contributed by atoms with van der Waals surface area (Å²) < 4.78 is 1.57. The summed E-state index contributed by atoms with van der Waals surface area (Å²) in [6.07, 6.45) is 6.99. The van der Waals surface area contributed by atoms with E-state index in [0.29, 0.717) is 37.1 Å². The van der Waals surface area contributed by atoms with E-state index in [1.54, 1.807) is 32.7 Å². The molecule has 1 aliphatic heterocycles. The lowest BCUT2D eigenvalue weighted by Gasteiger charge is -2.36. The van der Waals surface area contributed by atoms with E-state index in [-0.39, 0.29) is 30.0 Å². The van der Waals surface area contributed by atoms with Crippen molar-refractivity contribution in [2.75, 3.05) is 26.2 Å². The number of nitrogens with one attached hydrogen (secondary N) is 1. The molecule has 29 heavy (non-hydrogen) atoms. The lowest BCUT2D eigenvalue weighted by Crippen LogP contribution is -2.55. The molecule has 4 rings (SSSR count). The fourth-order valence-corrected chi connectivity index (χ4v) is 4.19. The molecule has 2 aliphatic rings. The molecule has 1 N–H and O–H groups in total. The van der Waals surface area contributed by atoms with Crippen molar-refractivity contribution in [2.45, 2.75) is 44.7 Å². The highest BCUT2D eigenvalue weighted by Gasteiger charge is 2.26. The summed E-state index contributed by atoms with van der Waals surface area (Å²) in [5, 5.41) is 7.82. The fraction of sp³-hybridized carbons (Fsp3) is 0.524. The number of piperazine rings is 1. The molecule has 0 spiro atoms. The Labute approximate surface area is 169 Å². The minimum Gasteiger partial charge on any atom is -0.338 e. The molecule has 3 amide bonds. The first-order valence-corrected chi connectivity index (χ1v) is 10.4. The Balaban J connectivity index is 1.33. The van der Waals surface area contributed by atoms with Crippen molar-refractivity contribution in [2.24, 2.45) is 0 Å². The average Bonchev–Trinajstić information content (AvgIpc) is 2.76. The average molecular weight is 397 g/mol. The predicted octanol–water partition coefficient (Wildman–Crippen LogP) is 1.58. The van der Waals surface area contributed by atoms with Crippen LogP contribution in [0.2, 0.25) is 0 Å². The maximum Gasteiger partial charge on any atom is 0.317 e. The predicted molar refractivity (Wildman–Crippen MR) is 110 cm³/mol. The highest BCUT2D eigenvalue weighted by molar-refractivity contribution is 5.82. The van der Waals surface area contributed by atoms with Crippen LogP contribution in [0, 0.1) is 0 Å². The van der Waals surface area contributed by atoms with Crippen LogP contribution in [-0.2, 0) is 11.3 Å². The van der Waals surface area contributed by atoms with Crippen LogP contribution in [-0.4, -0.2) is 63.7 Å². The third kappa shape index (κ3) is 4.41. The van der Waals surface area contributed by atoms with Gasteiger partial charge in [0.1, 0.15) is 6.54 Å². The first kappa shape index (κ1) is 19.4. The van der Waals surface area contributed by atoms with E-state index in [9.17, 15) is 14.4 Å². The number of nitrogens with zero attached hydrogens (tertiary/aromatic N) is 4. The molecule has 0 radical (unpaired) electrons. The maximum atomic E-state index is 12.8. The second-order valence-electron chi connectivity index (χ2n) is 7.84.